The lowest BCUT2D eigenvalue weighted by molar-refractivity contribution is -0.141. The molecule has 0 aromatic rings. The first-order valence-electron chi connectivity index (χ1n) is 8.94. The molecule has 0 radical (unpaired) electrons. The SMILES string of the molecule is CCCCC(Cl)CCCCCCCCCCCOC(C)=O. The van der Waals surface area contributed by atoms with Crippen LogP contribution < -0.4 is 0 Å². The van der Waals surface area contributed by atoms with E-state index in [0.29, 0.717) is 12.0 Å². The molecule has 1 atom stereocenters. The van der Waals surface area contributed by atoms with Crippen LogP contribution in [0.1, 0.15) is 97.3 Å². The Kier molecular flexibility index (Phi) is 16.0. The van der Waals surface area contributed by atoms with Crippen molar-refractivity contribution in [2.45, 2.75) is 103 Å². The Hall–Kier alpha value is -0.240. The van der Waals surface area contributed by atoms with Gasteiger partial charge in [0.1, 0.15) is 0 Å². The Morgan fingerprint density at radius 3 is 1.86 bits per heavy atom. The van der Waals surface area contributed by atoms with Crippen LogP contribution in [-0.2, 0) is 9.53 Å². The highest BCUT2D eigenvalue weighted by atomic mass is 35.5. The summed E-state index contributed by atoms with van der Waals surface area (Å²) in [5, 5.41) is 0.405. The minimum Gasteiger partial charge on any atom is -0.466 e. The van der Waals surface area contributed by atoms with Crippen LogP contribution in [0.5, 0.6) is 0 Å². The summed E-state index contributed by atoms with van der Waals surface area (Å²) in [7, 11) is 0. The fourth-order valence-electron chi connectivity index (χ4n) is 2.49. The van der Waals surface area contributed by atoms with E-state index in [1.807, 2.05) is 0 Å². The third kappa shape index (κ3) is 17.7. The molecule has 1 unspecified atom stereocenters. The van der Waals surface area contributed by atoms with Gasteiger partial charge in [0.2, 0.25) is 0 Å². The number of carbonyl (C=O) groups is 1. The smallest absolute Gasteiger partial charge is 0.302 e. The third-order valence-electron chi connectivity index (χ3n) is 3.84. The Morgan fingerprint density at radius 1 is 0.857 bits per heavy atom. The highest BCUT2D eigenvalue weighted by Gasteiger charge is 2.03. The van der Waals surface area contributed by atoms with Crippen LogP contribution in [0.25, 0.3) is 0 Å². The van der Waals surface area contributed by atoms with Crippen molar-refractivity contribution in [1.29, 1.82) is 0 Å². The molecule has 3 heteroatoms. The summed E-state index contributed by atoms with van der Waals surface area (Å²) in [6.07, 6.45) is 16.3. The molecule has 0 N–H and O–H groups in total. The standard InChI is InChI=1S/C18H35ClO2/c1-3-4-14-18(19)15-12-10-8-6-5-7-9-11-13-16-21-17(2)20/h18H,3-16H2,1-2H3. The average molecular weight is 319 g/mol. The molecule has 0 heterocycles. The fourth-order valence-corrected chi connectivity index (χ4v) is 2.80. The maximum atomic E-state index is 10.6. The number of ether oxygens (including phenoxy) is 1. The molecule has 0 saturated carbocycles. The van der Waals surface area contributed by atoms with Crippen molar-refractivity contribution in [1.82, 2.24) is 0 Å². The number of rotatable bonds is 15. The molecule has 0 amide bonds. The van der Waals surface area contributed by atoms with E-state index in [0.717, 1.165) is 6.42 Å². The van der Waals surface area contributed by atoms with Gasteiger partial charge in [-0.25, -0.2) is 0 Å². The number of unbranched alkanes of at least 4 members (excludes halogenated alkanes) is 9. The molecule has 0 fully saturated rings. The first kappa shape index (κ1) is 20.8. The Balaban J connectivity index is 3.07. The second kappa shape index (κ2) is 16.1. The van der Waals surface area contributed by atoms with Gasteiger partial charge in [0, 0.05) is 12.3 Å². The van der Waals surface area contributed by atoms with Gasteiger partial charge in [0.15, 0.2) is 0 Å². The molecule has 0 aliphatic carbocycles. The van der Waals surface area contributed by atoms with Crippen molar-refractivity contribution < 1.29 is 9.53 Å². The summed E-state index contributed by atoms with van der Waals surface area (Å²) >= 11 is 6.27. The quantitative estimate of drug-likeness (QED) is 0.203. The van der Waals surface area contributed by atoms with Crippen molar-refractivity contribution in [2.24, 2.45) is 0 Å². The molecule has 0 spiro atoms. The molecule has 0 rings (SSSR count). The van der Waals surface area contributed by atoms with Crippen molar-refractivity contribution in [3.8, 4) is 0 Å². The van der Waals surface area contributed by atoms with Crippen LogP contribution in [0.15, 0.2) is 0 Å². The topological polar surface area (TPSA) is 26.3 Å². The van der Waals surface area contributed by atoms with Gasteiger partial charge in [-0.1, -0.05) is 71.1 Å². The molecule has 0 aliphatic rings. The van der Waals surface area contributed by atoms with E-state index in [1.54, 1.807) is 0 Å². The predicted octanol–water partition coefficient (Wildman–Crippen LogP) is 6.25. The molecule has 0 saturated heterocycles. The minimum atomic E-state index is -0.163. The molecule has 0 aliphatic heterocycles. The Labute approximate surface area is 137 Å². The van der Waals surface area contributed by atoms with Crippen LogP contribution in [0, 0.1) is 0 Å². The number of halogens is 1. The summed E-state index contributed by atoms with van der Waals surface area (Å²) in [5.74, 6) is -0.163. The number of carbonyl (C=O) groups excluding carboxylic acids is 1. The summed E-state index contributed by atoms with van der Waals surface area (Å²) < 4.78 is 4.91. The zero-order valence-corrected chi connectivity index (χ0v) is 14.9. The van der Waals surface area contributed by atoms with Gasteiger partial charge in [-0.05, 0) is 19.3 Å². The Bertz CT molecular complexity index is 231. The van der Waals surface area contributed by atoms with Gasteiger partial charge in [0.05, 0.1) is 6.61 Å². The largest absolute Gasteiger partial charge is 0.466 e. The van der Waals surface area contributed by atoms with Gasteiger partial charge < -0.3 is 4.74 Å². The van der Waals surface area contributed by atoms with Crippen molar-refractivity contribution in [3.05, 3.63) is 0 Å². The van der Waals surface area contributed by atoms with Gasteiger partial charge >= 0.3 is 5.97 Å². The van der Waals surface area contributed by atoms with Crippen LogP contribution in [-0.4, -0.2) is 18.0 Å². The van der Waals surface area contributed by atoms with Crippen molar-refractivity contribution in [2.75, 3.05) is 6.61 Å². The van der Waals surface area contributed by atoms with Crippen LogP contribution in [0.2, 0.25) is 0 Å². The first-order valence-corrected chi connectivity index (χ1v) is 9.38. The second-order valence-corrected chi connectivity index (χ2v) is 6.67. The third-order valence-corrected chi connectivity index (χ3v) is 4.27. The molecular formula is C18H35ClO2. The van der Waals surface area contributed by atoms with E-state index in [-0.39, 0.29) is 5.97 Å². The monoisotopic (exact) mass is 318 g/mol. The van der Waals surface area contributed by atoms with E-state index >= 15 is 0 Å². The molecule has 0 aromatic heterocycles. The number of hydrogen-bond donors (Lipinski definition) is 0. The van der Waals surface area contributed by atoms with Gasteiger partial charge in [-0.2, -0.15) is 0 Å². The zero-order valence-electron chi connectivity index (χ0n) is 14.2. The molecule has 2 nitrogen and oxygen atoms in total. The van der Waals surface area contributed by atoms with Gasteiger partial charge in [-0.15, -0.1) is 11.6 Å². The van der Waals surface area contributed by atoms with Crippen molar-refractivity contribution >= 4 is 17.6 Å². The average Bonchev–Trinajstić information content (AvgIpc) is 2.45. The minimum absolute atomic E-state index is 0.163. The van der Waals surface area contributed by atoms with Crippen molar-refractivity contribution in [3.63, 3.8) is 0 Å². The van der Waals surface area contributed by atoms with Crippen LogP contribution >= 0.6 is 11.6 Å². The van der Waals surface area contributed by atoms with E-state index in [2.05, 4.69) is 6.92 Å². The predicted molar refractivity (Wildman–Crippen MR) is 92.0 cm³/mol. The highest BCUT2D eigenvalue weighted by Crippen LogP contribution is 2.16. The molecule has 21 heavy (non-hydrogen) atoms. The zero-order chi connectivity index (χ0) is 15.8. The van der Waals surface area contributed by atoms with E-state index in [4.69, 9.17) is 16.3 Å². The maximum absolute atomic E-state index is 10.6. The summed E-state index contributed by atoms with van der Waals surface area (Å²) in [4.78, 5) is 10.6. The second-order valence-electron chi connectivity index (χ2n) is 6.05. The van der Waals surface area contributed by atoms with Gasteiger partial charge in [0.25, 0.3) is 0 Å². The maximum Gasteiger partial charge on any atom is 0.302 e. The molecule has 0 aromatic carbocycles. The molecule has 0 bridgehead atoms. The molecule has 126 valence electrons. The lowest BCUT2D eigenvalue weighted by Crippen LogP contribution is -2.00. The van der Waals surface area contributed by atoms with E-state index in [1.165, 1.54) is 84.0 Å². The van der Waals surface area contributed by atoms with E-state index in [9.17, 15) is 4.79 Å². The van der Waals surface area contributed by atoms with Crippen LogP contribution in [0.4, 0.5) is 0 Å². The summed E-state index contributed by atoms with van der Waals surface area (Å²) in [6, 6.07) is 0. The fraction of sp³-hybridized carbons (Fsp3) is 0.944. The number of alkyl halides is 1. The Morgan fingerprint density at radius 2 is 1.33 bits per heavy atom. The normalized spacial score (nSPS) is 12.3. The molecular weight excluding hydrogens is 284 g/mol. The van der Waals surface area contributed by atoms with Crippen LogP contribution in [0.3, 0.4) is 0 Å². The summed E-state index contributed by atoms with van der Waals surface area (Å²) in [5.41, 5.74) is 0. The lowest BCUT2D eigenvalue weighted by atomic mass is 10.0. The highest BCUT2D eigenvalue weighted by molar-refractivity contribution is 6.20. The number of esters is 1. The summed E-state index contributed by atoms with van der Waals surface area (Å²) in [6.45, 7) is 4.28. The lowest BCUT2D eigenvalue weighted by Gasteiger charge is -2.08. The van der Waals surface area contributed by atoms with E-state index < -0.39 is 0 Å². The van der Waals surface area contributed by atoms with Gasteiger partial charge in [-0.3, -0.25) is 4.79 Å². The first-order chi connectivity index (χ1) is 10.2. The number of hydrogen-bond acceptors (Lipinski definition) is 2.